The maximum absolute atomic E-state index is 11.6. The van der Waals surface area contributed by atoms with Crippen LogP contribution < -0.4 is 5.32 Å². The summed E-state index contributed by atoms with van der Waals surface area (Å²) in [5.41, 5.74) is 2.68. The third kappa shape index (κ3) is 4.14. The van der Waals surface area contributed by atoms with Crippen LogP contribution in [0.1, 0.15) is 19.5 Å². The second-order valence-corrected chi connectivity index (χ2v) is 4.66. The lowest BCUT2D eigenvalue weighted by Crippen LogP contribution is -2.36. The minimum atomic E-state index is -0.952. The first kappa shape index (κ1) is 13.6. The molecular weight excluding hydrogens is 240 g/mol. The molecule has 6 heteroatoms. The van der Waals surface area contributed by atoms with Gasteiger partial charge in [0.2, 0.25) is 5.91 Å². The van der Waals surface area contributed by atoms with Gasteiger partial charge in [-0.2, -0.15) is 0 Å². The van der Waals surface area contributed by atoms with E-state index in [9.17, 15) is 9.59 Å². The molecule has 0 aliphatic rings. The van der Waals surface area contributed by atoms with E-state index in [1.54, 1.807) is 12.4 Å². The van der Waals surface area contributed by atoms with Crippen LogP contribution in [0.3, 0.4) is 0 Å². The molecule has 1 heterocycles. The molecule has 2 atom stereocenters. The molecule has 1 amide bonds. The second-order valence-electron chi connectivity index (χ2n) is 3.94. The van der Waals surface area contributed by atoms with Crippen molar-refractivity contribution in [2.24, 2.45) is 11.8 Å². The number of carboxylic acid groups (broad SMARTS) is 1. The van der Waals surface area contributed by atoms with E-state index in [-0.39, 0.29) is 5.91 Å². The van der Waals surface area contributed by atoms with Crippen LogP contribution in [-0.4, -0.2) is 28.5 Å². The Hall–Kier alpha value is -1.43. The number of aliphatic carboxylic acids is 1. The van der Waals surface area contributed by atoms with Crippen molar-refractivity contribution in [3.63, 3.8) is 0 Å². The van der Waals surface area contributed by atoms with Gasteiger partial charge < -0.3 is 10.4 Å². The first-order chi connectivity index (χ1) is 8.02. The highest BCUT2D eigenvalue weighted by Crippen LogP contribution is 2.11. The third-order valence-corrected chi connectivity index (χ3v) is 3.35. The number of rotatable bonds is 6. The van der Waals surface area contributed by atoms with Crippen molar-refractivity contribution >= 4 is 23.2 Å². The third-order valence-electron chi connectivity index (χ3n) is 2.72. The summed E-state index contributed by atoms with van der Waals surface area (Å²) in [5, 5.41) is 13.4. The normalized spacial score (nSPS) is 14.0. The average Bonchev–Trinajstić information content (AvgIpc) is 2.79. The number of aromatic nitrogens is 1. The van der Waals surface area contributed by atoms with E-state index in [0.29, 0.717) is 13.0 Å². The molecule has 5 nitrogen and oxygen atoms in total. The minimum absolute atomic E-state index is 0.227. The summed E-state index contributed by atoms with van der Waals surface area (Å²) in [7, 11) is 0. The Morgan fingerprint density at radius 1 is 1.47 bits per heavy atom. The first-order valence-corrected chi connectivity index (χ1v) is 6.34. The van der Waals surface area contributed by atoms with Crippen molar-refractivity contribution in [1.82, 2.24) is 10.3 Å². The van der Waals surface area contributed by atoms with Crippen LogP contribution in [0.2, 0.25) is 0 Å². The van der Waals surface area contributed by atoms with Crippen molar-refractivity contribution in [3.05, 3.63) is 16.6 Å². The van der Waals surface area contributed by atoms with Crippen LogP contribution in [0, 0.1) is 11.8 Å². The van der Waals surface area contributed by atoms with Gasteiger partial charge in [0.15, 0.2) is 0 Å². The number of nitrogens with zero attached hydrogens (tertiary/aromatic N) is 1. The number of hydrogen-bond acceptors (Lipinski definition) is 4. The molecule has 1 aromatic rings. The average molecular weight is 256 g/mol. The SMILES string of the molecule is CC(C(=O)O)C(C)C(=O)NCCc1cscn1. The second kappa shape index (κ2) is 6.34. The summed E-state index contributed by atoms with van der Waals surface area (Å²) in [5.74, 6) is -2.38. The smallest absolute Gasteiger partial charge is 0.307 e. The maximum Gasteiger partial charge on any atom is 0.307 e. The Bertz CT molecular complexity index is 378. The van der Waals surface area contributed by atoms with Crippen LogP contribution >= 0.6 is 11.3 Å². The zero-order chi connectivity index (χ0) is 12.8. The zero-order valence-electron chi connectivity index (χ0n) is 9.84. The van der Waals surface area contributed by atoms with Crippen LogP contribution in [0.15, 0.2) is 10.9 Å². The summed E-state index contributed by atoms with van der Waals surface area (Å²) < 4.78 is 0. The number of carbonyl (C=O) groups is 2. The number of carboxylic acids is 1. The molecular formula is C11H16N2O3S. The topological polar surface area (TPSA) is 79.3 Å². The van der Waals surface area contributed by atoms with Crippen LogP contribution in [0.25, 0.3) is 0 Å². The molecule has 0 fully saturated rings. The monoisotopic (exact) mass is 256 g/mol. The Labute approximate surface area is 104 Å². The van der Waals surface area contributed by atoms with Crippen LogP contribution in [0.5, 0.6) is 0 Å². The zero-order valence-corrected chi connectivity index (χ0v) is 10.7. The standard InChI is InChI=1S/C11H16N2O3S/c1-7(8(2)11(15)16)10(14)12-4-3-9-5-17-6-13-9/h5-8H,3-4H2,1-2H3,(H,12,14)(H,15,16). The van der Waals surface area contributed by atoms with Crippen molar-refractivity contribution in [1.29, 1.82) is 0 Å². The highest BCUT2D eigenvalue weighted by Gasteiger charge is 2.25. The van der Waals surface area contributed by atoms with Gasteiger partial charge in [0.05, 0.1) is 17.1 Å². The Morgan fingerprint density at radius 2 is 2.18 bits per heavy atom. The molecule has 0 saturated heterocycles. The fraction of sp³-hybridized carbons (Fsp3) is 0.545. The summed E-state index contributed by atoms with van der Waals surface area (Å²) in [6, 6.07) is 0. The van der Waals surface area contributed by atoms with Gasteiger partial charge >= 0.3 is 5.97 Å². The highest BCUT2D eigenvalue weighted by atomic mass is 32.1. The minimum Gasteiger partial charge on any atom is -0.481 e. The molecule has 17 heavy (non-hydrogen) atoms. The van der Waals surface area contributed by atoms with Gasteiger partial charge in [-0.3, -0.25) is 9.59 Å². The van der Waals surface area contributed by atoms with Gasteiger partial charge in [0.1, 0.15) is 0 Å². The number of hydrogen-bond donors (Lipinski definition) is 2. The van der Waals surface area contributed by atoms with E-state index in [0.717, 1.165) is 5.69 Å². The fourth-order valence-corrected chi connectivity index (χ4v) is 1.87. The summed E-state index contributed by atoms with van der Waals surface area (Å²) in [6.07, 6.45) is 0.670. The molecule has 2 N–H and O–H groups in total. The van der Waals surface area contributed by atoms with E-state index >= 15 is 0 Å². The Kier molecular flexibility index (Phi) is 5.09. The first-order valence-electron chi connectivity index (χ1n) is 5.40. The summed E-state index contributed by atoms with van der Waals surface area (Å²) in [6.45, 7) is 3.64. The molecule has 0 saturated carbocycles. The van der Waals surface area contributed by atoms with E-state index in [2.05, 4.69) is 10.3 Å². The van der Waals surface area contributed by atoms with E-state index < -0.39 is 17.8 Å². The quantitative estimate of drug-likeness (QED) is 0.800. The van der Waals surface area contributed by atoms with Crippen LogP contribution in [-0.2, 0) is 16.0 Å². The van der Waals surface area contributed by atoms with Crippen molar-refractivity contribution in [3.8, 4) is 0 Å². The van der Waals surface area contributed by atoms with Gasteiger partial charge in [-0.25, -0.2) is 4.98 Å². The molecule has 1 aromatic heterocycles. The molecule has 1 rings (SSSR count). The Morgan fingerprint density at radius 3 is 2.71 bits per heavy atom. The highest BCUT2D eigenvalue weighted by molar-refractivity contribution is 7.07. The fourth-order valence-electron chi connectivity index (χ4n) is 1.28. The predicted octanol–water partition coefficient (Wildman–Crippen LogP) is 1.16. The van der Waals surface area contributed by atoms with Crippen molar-refractivity contribution in [2.45, 2.75) is 20.3 Å². The molecule has 2 unspecified atom stereocenters. The van der Waals surface area contributed by atoms with E-state index in [4.69, 9.17) is 5.11 Å². The van der Waals surface area contributed by atoms with E-state index in [1.165, 1.54) is 18.3 Å². The van der Waals surface area contributed by atoms with Gasteiger partial charge in [-0.1, -0.05) is 13.8 Å². The largest absolute Gasteiger partial charge is 0.481 e. The van der Waals surface area contributed by atoms with Gasteiger partial charge in [-0.15, -0.1) is 11.3 Å². The molecule has 0 aliphatic carbocycles. The molecule has 0 radical (unpaired) electrons. The van der Waals surface area contributed by atoms with Crippen molar-refractivity contribution < 1.29 is 14.7 Å². The molecule has 0 spiro atoms. The van der Waals surface area contributed by atoms with Crippen molar-refractivity contribution in [2.75, 3.05) is 6.54 Å². The lowest BCUT2D eigenvalue weighted by molar-refractivity contribution is -0.146. The molecule has 0 bridgehead atoms. The molecule has 0 aliphatic heterocycles. The number of nitrogens with one attached hydrogen (secondary N) is 1. The number of thiazole rings is 1. The van der Waals surface area contributed by atoms with Gasteiger partial charge in [0, 0.05) is 24.3 Å². The Balaban J connectivity index is 2.32. The molecule has 94 valence electrons. The molecule has 0 aromatic carbocycles. The summed E-state index contributed by atoms with van der Waals surface area (Å²) in [4.78, 5) is 26.4. The van der Waals surface area contributed by atoms with Gasteiger partial charge in [0.25, 0.3) is 0 Å². The lowest BCUT2D eigenvalue weighted by atomic mass is 9.95. The van der Waals surface area contributed by atoms with Gasteiger partial charge in [-0.05, 0) is 0 Å². The maximum atomic E-state index is 11.6. The van der Waals surface area contributed by atoms with Crippen LogP contribution in [0.4, 0.5) is 0 Å². The predicted molar refractivity (Wildman–Crippen MR) is 64.8 cm³/mol. The lowest BCUT2D eigenvalue weighted by Gasteiger charge is -2.15. The number of amides is 1. The summed E-state index contributed by atoms with van der Waals surface area (Å²) >= 11 is 1.51. The van der Waals surface area contributed by atoms with E-state index in [1.807, 2.05) is 5.38 Å². The number of carbonyl (C=O) groups excluding carboxylic acids is 1.